The minimum atomic E-state index is 0.00648. The molecule has 0 aliphatic rings. The second kappa shape index (κ2) is 6.73. The molecular weight excluding hydrogens is 276 g/mol. The largest absolute Gasteiger partial charge is 0.301 e. The molecule has 3 nitrogen and oxygen atoms in total. The number of benzene rings is 1. The van der Waals surface area contributed by atoms with Gasteiger partial charge in [-0.2, -0.15) is 0 Å². The lowest BCUT2D eigenvalue weighted by molar-refractivity contribution is -0.113. The molecule has 1 N–H and O–H groups in total. The van der Waals surface area contributed by atoms with Gasteiger partial charge >= 0.3 is 0 Å². The summed E-state index contributed by atoms with van der Waals surface area (Å²) in [6.45, 7) is 3.99. The summed E-state index contributed by atoms with van der Waals surface area (Å²) in [4.78, 5) is 15.9. The maximum Gasteiger partial charge on any atom is 0.236 e. The molecule has 19 heavy (non-hydrogen) atoms. The lowest BCUT2D eigenvalue weighted by Crippen LogP contribution is -2.13. The van der Waals surface area contributed by atoms with Gasteiger partial charge in [-0.05, 0) is 19.4 Å². The van der Waals surface area contributed by atoms with Gasteiger partial charge in [0.25, 0.3) is 0 Å². The lowest BCUT2D eigenvalue weighted by atomic mass is 10.2. The Balaban J connectivity index is 1.75. The normalized spacial score (nSPS) is 10.4. The van der Waals surface area contributed by atoms with Crippen LogP contribution in [0, 0.1) is 13.8 Å². The summed E-state index contributed by atoms with van der Waals surface area (Å²) in [5, 5.41) is 5.41. The lowest BCUT2D eigenvalue weighted by Gasteiger charge is -2.03. The zero-order valence-electron chi connectivity index (χ0n) is 11.0. The first-order chi connectivity index (χ1) is 9.13. The van der Waals surface area contributed by atoms with Crippen LogP contribution in [0.2, 0.25) is 0 Å². The van der Waals surface area contributed by atoms with Gasteiger partial charge in [0.15, 0.2) is 5.13 Å². The molecule has 0 saturated heterocycles. The maximum absolute atomic E-state index is 11.7. The molecule has 0 bridgehead atoms. The van der Waals surface area contributed by atoms with Crippen molar-refractivity contribution in [2.75, 3.05) is 11.1 Å². The molecule has 0 radical (unpaired) electrons. The standard InChI is InChI=1S/C14H16N2OS2/c1-10-4-3-5-12(6-10)8-18-9-13(17)16-14-15-11(2)7-19-14/h3-7H,8-9H2,1-2H3,(H,15,16,17). The molecule has 0 fully saturated rings. The number of anilines is 1. The predicted octanol–water partition coefficient (Wildman–Crippen LogP) is 3.63. The molecule has 1 heterocycles. The van der Waals surface area contributed by atoms with Crippen LogP contribution in [0.4, 0.5) is 5.13 Å². The first-order valence-corrected chi connectivity index (χ1v) is 8.02. The highest BCUT2D eigenvalue weighted by molar-refractivity contribution is 7.99. The van der Waals surface area contributed by atoms with Crippen molar-refractivity contribution < 1.29 is 4.79 Å². The molecular formula is C14H16N2OS2. The molecule has 5 heteroatoms. The summed E-state index contributed by atoms with van der Waals surface area (Å²) >= 11 is 3.07. The third-order valence-corrected chi connectivity index (χ3v) is 4.33. The van der Waals surface area contributed by atoms with Crippen molar-refractivity contribution in [3.8, 4) is 0 Å². The number of carbonyl (C=O) groups excluding carboxylic acids is 1. The van der Waals surface area contributed by atoms with Gasteiger partial charge in [0, 0.05) is 11.1 Å². The van der Waals surface area contributed by atoms with E-state index in [0.29, 0.717) is 10.9 Å². The predicted molar refractivity (Wildman–Crippen MR) is 82.8 cm³/mol. The van der Waals surface area contributed by atoms with Crippen LogP contribution in [0.3, 0.4) is 0 Å². The third-order valence-electron chi connectivity index (χ3n) is 2.45. The van der Waals surface area contributed by atoms with E-state index in [9.17, 15) is 4.79 Å². The molecule has 0 unspecified atom stereocenters. The Labute approximate surface area is 121 Å². The summed E-state index contributed by atoms with van der Waals surface area (Å²) < 4.78 is 0. The highest BCUT2D eigenvalue weighted by Crippen LogP contribution is 2.16. The summed E-state index contributed by atoms with van der Waals surface area (Å²) in [5.74, 6) is 1.31. The zero-order chi connectivity index (χ0) is 13.7. The molecule has 1 aromatic heterocycles. The van der Waals surface area contributed by atoms with Crippen molar-refractivity contribution in [2.24, 2.45) is 0 Å². The van der Waals surface area contributed by atoms with E-state index in [4.69, 9.17) is 0 Å². The number of aryl methyl sites for hydroxylation is 2. The summed E-state index contributed by atoms with van der Waals surface area (Å²) in [6, 6.07) is 8.35. The van der Waals surface area contributed by atoms with Crippen LogP contribution in [0.15, 0.2) is 29.6 Å². The molecule has 0 aliphatic carbocycles. The monoisotopic (exact) mass is 292 g/mol. The smallest absolute Gasteiger partial charge is 0.236 e. The fraction of sp³-hybridized carbons (Fsp3) is 0.286. The van der Waals surface area contributed by atoms with Gasteiger partial charge in [-0.25, -0.2) is 4.98 Å². The number of hydrogen-bond acceptors (Lipinski definition) is 4. The Kier molecular flexibility index (Phi) is 4.99. The van der Waals surface area contributed by atoms with Gasteiger partial charge in [-0.1, -0.05) is 29.8 Å². The van der Waals surface area contributed by atoms with Crippen LogP contribution in [0.5, 0.6) is 0 Å². The van der Waals surface area contributed by atoms with E-state index in [2.05, 4.69) is 35.4 Å². The zero-order valence-corrected chi connectivity index (χ0v) is 12.6. The first-order valence-electron chi connectivity index (χ1n) is 5.99. The molecule has 2 rings (SSSR count). The van der Waals surface area contributed by atoms with E-state index in [1.807, 2.05) is 18.4 Å². The van der Waals surface area contributed by atoms with Gasteiger partial charge in [0.2, 0.25) is 5.91 Å². The maximum atomic E-state index is 11.7. The Hall–Kier alpha value is -1.33. The van der Waals surface area contributed by atoms with Crippen LogP contribution in [-0.4, -0.2) is 16.6 Å². The number of carbonyl (C=O) groups is 1. The number of thioether (sulfide) groups is 1. The number of thiazole rings is 1. The Morgan fingerprint density at radius 3 is 2.95 bits per heavy atom. The van der Waals surface area contributed by atoms with Crippen LogP contribution >= 0.6 is 23.1 Å². The molecule has 0 saturated carbocycles. The second-order valence-corrected chi connectivity index (χ2v) is 6.17. The highest BCUT2D eigenvalue weighted by Gasteiger charge is 2.05. The van der Waals surface area contributed by atoms with Crippen molar-refractivity contribution in [2.45, 2.75) is 19.6 Å². The summed E-state index contributed by atoms with van der Waals surface area (Å²) in [6.07, 6.45) is 0. The topological polar surface area (TPSA) is 42.0 Å². The van der Waals surface area contributed by atoms with E-state index < -0.39 is 0 Å². The SMILES string of the molecule is Cc1cccc(CSCC(=O)Nc2nc(C)cs2)c1. The second-order valence-electron chi connectivity index (χ2n) is 4.32. The summed E-state index contributed by atoms with van der Waals surface area (Å²) in [7, 11) is 0. The van der Waals surface area contributed by atoms with Crippen LogP contribution in [0.25, 0.3) is 0 Å². The number of aromatic nitrogens is 1. The van der Waals surface area contributed by atoms with E-state index in [0.717, 1.165) is 11.4 Å². The van der Waals surface area contributed by atoms with Gasteiger partial charge in [-0.15, -0.1) is 23.1 Å². The number of nitrogens with one attached hydrogen (secondary N) is 1. The van der Waals surface area contributed by atoms with Crippen LogP contribution in [-0.2, 0) is 10.5 Å². The minimum absolute atomic E-state index is 0.00648. The van der Waals surface area contributed by atoms with E-state index in [-0.39, 0.29) is 5.91 Å². The van der Waals surface area contributed by atoms with Gasteiger partial charge < -0.3 is 5.32 Å². The minimum Gasteiger partial charge on any atom is -0.301 e. The molecule has 0 atom stereocenters. The van der Waals surface area contributed by atoms with E-state index >= 15 is 0 Å². The Bertz CT molecular complexity index is 566. The van der Waals surface area contributed by atoms with Crippen LogP contribution < -0.4 is 5.32 Å². The molecule has 1 amide bonds. The number of nitrogens with zero attached hydrogens (tertiary/aromatic N) is 1. The Morgan fingerprint density at radius 1 is 1.42 bits per heavy atom. The van der Waals surface area contributed by atoms with Crippen LogP contribution in [0.1, 0.15) is 16.8 Å². The van der Waals surface area contributed by atoms with Crippen molar-refractivity contribution in [1.29, 1.82) is 0 Å². The fourth-order valence-electron chi connectivity index (χ4n) is 1.63. The average Bonchev–Trinajstić information content (AvgIpc) is 2.75. The van der Waals surface area contributed by atoms with Crippen molar-refractivity contribution in [3.63, 3.8) is 0 Å². The van der Waals surface area contributed by atoms with Gasteiger partial charge in [-0.3, -0.25) is 4.79 Å². The number of amides is 1. The van der Waals surface area contributed by atoms with Crippen molar-refractivity contribution in [3.05, 3.63) is 46.5 Å². The third kappa shape index (κ3) is 4.69. The molecule has 2 aromatic rings. The van der Waals surface area contributed by atoms with Gasteiger partial charge in [0.05, 0.1) is 11.4 Å². The quantitative estimate of drug-likeness (QED) is 0.915. The first kappa shape index (κ1) is 14.1. The molecule has 100 valence electrons. The number of rotatable bonds is 5. The Morgan fingerprint density at radius 2 is 2.26 bits per heavy atom. The van der Waals surface area contributed by atoms with E-state index in [1.54, 1.807) is 11.8 Å². The molecule has 0 spiro atoms. The summed E-state index contributed by atoms with van der Waals surface area (Å²) in [5.41, 5.74) is 3.44. The average molecular weight is 292 g/mol. The fourth-order valence-corrected chi connectivity index (χ4v) is 3.11. The number of hydrogen-bond donors (Lipinski definition) is 1. The molecule has 1 aromatic carbocycles. The highest BCUT2D eigenvalue weighted by atomic mass is 32.2. The van der Waals surface area contributed by atoms with Crippen molar-refractivity contribution in [1.82, 2.24) is 4.98 Å². The van der Waals surface area contributed by atoms with E-state index in [1.165, 1.54) is 22.5 Å². The molecule has 0 aliphatic heterocycles. The van der Waals surface area contributed by atoms with Crippen molar-refractivity contribution >= 4 is 34.1 Å². The van der Waals surface area contributed by atoms with Gasteiger partial charge in [0.1, 0.15) is 0 Å².